The Kier molecular flexibility index (Phi) is 3.22. The van der Waals surface area contributed by atoms with E-state index in [1.807, 2.05) is 30.3 Å². The summed E-state index contributed by atoms with van der Waals surface area (Å²) in [6.45, 7) is 1.43. The van der Waals surface area contributed by atoms with E-state index in [1.165, 1.54) is 0 Å². The van der Waals surface area contributed by atoms with Gasteiger partial charge in [0.2, 0.25) is 0 Å². The van der Waals surface area contributed by atoms with Gasteiger partial charge in [0.05, 0.1) is 6.61 Å². The number of benzene rings is 1. The summed E-state index contributed by atoms with van der Waals surface area (Å²) in [5.41, 5.74) is -0.359. The van der Waals surface area contributed by atoms with Crippen molar-refractivity contribution in [1.29, 1.82) is 0 Å². The molecule has 86 valence electrons. The molecular formula is C12H15NO3. The van der Waals surface area contributed by atoms with Gasteiger partial charge in [-0.15, -0.1) is 0 Å². The smallest absolute Gasteiger partial charge is 0.331 e. The van der Waals surface area contributed by atoms with E-state index in [1.54, 1.807) is 0 Å². The standard InChI is InChI=1S/C12H15NO3/c14-11(15)12(9-16-8-4-7-13-12)10-5-2-1-3-6-10/h1-3,5-6,13H,4,7-9H2,(H,14,15). The van der Waals surface area contributed by atoms with Crippen LogP contribution in [-0.2, 0) is 15.1 Å². The van der Waals surface area contributed by atoms with Crippen LogP contribution in [0.2, 0.25) is 0 Å². The summed E-state index contributed by atoms with van der Waals surface area (Å²) in [5, 5.41) is 12.5. The fraction of sp³-hybridized carbons (Fsp3) is 0.417. The fourth-order valence-electron chi connectivity index (χ4n) is 1.92. The normalized spacial score (nSPS) is 26.0. The summed E-state index contributed by atoms with van der Waals surface area (Å²) < 4.78 is 5.38. The molecule has 0 aromatic heterocycles. The average Bonchev–Trinajstić information content (AvgIpc) is 2.56. The number of carbonyl (C=O) groups is 1. The molecule has 4 heteroatoms. The van der Waals surface area contributed by atoms with E-state index in [4.69, 9.17) is 4.74 Å². The number of nitrogens with one attached hydrogen (secondary N) is 1. The Morgan fingerprint density at radius 1 is 1.38 bits per heavy atom. The molecule has 1 heterocycles. The van der Waals surface area contributed by atoms with Gasteiger partial charge in [-0.2, -0.15) is 0 Å². The largest absolute Gasteiger partial charge is 0.480 e. The van der Waals surface area contributed by atoms with E-state index in [2.05, 4.69) is 5.32 Å². The molecule has 0 bridgehead atoms. The van der Waals surface area contributed by atoms with E-state index in [0.29, 0.717) is 13.2 Å². The van der Waals surface area contributed by atoms with Crippen LogP contribution in [0.1, 0.15) is 12.0 Å². The molecule has 4 nitrogen and oxygen atoms in total. The number of ether oxygens (including phenoxy) is 1. The van der Waals surface area contributed by atoms with Crippen molar-refractivity contribution in [2.75, 3.05) is 19.8 Å². The molecule has 0 saturated carbocycles. The van der Waals surface area contributed by atoms with Gasteiger partial charge in [0, 0.05) is 6.61 Å². The third-order valence-corrected chi connectivity index (χ3v) is 2.84. The molecule has 1 aliphatic rings. The molecule has 1 atom stereocenters. The highest BCUT2D eigenvalue weighted by Crippen LogP contribution is 2.23. The van der Waals surface area contributed by atoms with Crippen molar-refractivity contribution in [3.05, 3.63) is 35.9 Å². The predicted molar refractivity (Wildman–Crippen MR) is 59.2 cm³/mol. The van der Waals surface area contributed by atoms with Crippen LogP contribution in [0, 0.1) is 0 Å². The monoisotopic (exact) mass is 221 g/mol. The predicted octanol–water partition coefficient (Wildman–Crippen LogP) is 0.976. The summed E-state index contributed by atoms with van der Waals surface area (Å²) in [5.74, 6) is -0.888. The van der Waals surface area contributed by atoms with Crippen molar-refractivity contribution in [2.45, 2.75) is 12.0 Å². The van der Waals surface area contributed by atoms with Crippen molar-refractivity contribution >= 4 is 5.97 Å². The van der Waals surface area contributed by atoms with Crippen LogP contribution in [-0.4, -0.2) is 30.8 Å². The number of carboxylic acids is 1. The second kappa shape index (κ2) is 4.63. The number of carboxylic acid groups (broad SMARTS) is 1. The first-order valence-corrected chi connectivity index (χ1v) is 5.37. The lowest BCUT2D eigenvalue weighted by atomic mass is 9.91. The van der Waals surface area contributed by atoms with E-state index in [9.17, 15) is 9.90 Å². The zero-order valence-electron chi connectivity index (χ0n) is 8.98. The summed E-state index contributed by atoms with van der Waals surface area (Å²) >= 11 is 0. The van der Waals surface area contributed by atoms with E-state index in [-0.39, 0.29) is 6.61 Å². The Bertz CT molecular complexity index is 356. The first-order chi connectivity index (χ1) is 7.76. The molecule has 0 aliphatic carbocycles. The Balaban J connectivity index is 2.38. The Hall–Kier alpha value is -1.39. The number of aliphatic carboxylic acids is 1. The van der Waals surface area contributed by atoms with Crippen molar-refractivity contribution in [2.24, 2.45) is 0 Å². The minimum Gasteiger partial charge on any atom is -0.480 e. The first kappa shape index (κ1) is 11.1. The number of hydrogen-bond acceptors (Lipinski definition) is 3. The minimum absolute atomic E-state index is 0.173. The second-order valence-electron chi connectivity index (χ2n) is 3.91. The third kappa shape index (κ3) is 1.94. The first-order valence-electron chi connectivity index (χ1n) is 5.37. The number of hydrogen-bond donors (Lipinski definition) is 2. The van der Waals surface area contributed by atoms with Crippen molar-refractivity contribution in [1.82, 2.24) is 5.32 Å². The zero-order valence-corrected chi connectivity index (χ0v) is 8.98. The SMILES string of the molecule is O=C(O)C1(c2ccccc2)COCCCN1. The van der Waals surface area contributed by atoms with Gasteiger partial charge in [0.25, 0.3) is 0 Å². The van der Waals surface area contributed by atoms with Gasteiger partial charge in [-0.1, -0.05) is 30.3 Å². The molecule has 2 N–H and O–H groups in total. The van der Waals surface area contributed by atoms with Crippen LogP contribution in [0.15, 0.2) is 30.3 Å². The van der Waals surface area contributed by atoms with Crippen molar-refractivity contribution in [3.8, 4) is 0 Å². The van der Waals surface area contributed by atoms with Crippen LogP contribution >= 0.6 is 0 Å². The highest BCUT2D eigenvalue weighted by Gasteiger charge is 2.41. The molecule has 0 amide bonds. The highest BCUT2D eigenvalue weighted by molar-refractivity contribution is 5.81. The number of rotatable bonds is 2. The molecule has 1 saturated heterocycles. The van der Waals surface area contributed by atoms with Gasteiger partial charge in [-0.3, -0.25) is 5.32 Å². The van der Waals surface area contributed by atoms with Crippen LogP contribution in [0.3, 0.4) is 0 Å². The molecule has 16 heavy (non-hydrogen) atoms. The van der Waals surface area contributed by atoms with Crippen LogP contribution in [0.5, 0.6) is 0 Å². The Labute approximate surface area is 94.2 Å². The minimum atomic E-state index is -1.10. The highest BCUT2D eigenvalue weighted by atomic mass is 16.5. The molecule has 2 rings (SSSR count). The van der Waals surface area contributed by atoms with E-state index >= 15 is 0 Å². The molecule has 1 aromatic carbocycles. The van der Waals surface area contributed by atoms with Gasteiger partial charge >= 0.3 is 5.97 Å². The quantitative estimate of drug-likeness (QED) is 0.781. The van der Waals surface area contributed by atoms with Gasteiger partial charge < -0.3 is 9.84 Å². The molecule has 1 aromatic rings. The average molecular weight is 221 g/mol. The van der Waals surface area contributed by atoms with Crippen LogP contribution < -0.4 is 5.32 Å². The topological polar surface area (TPSA) is 58.6 Å². The van der Waals surface area contributed by atoms with Gasteiger partial charge in [-0.05, 0) is 18.5 Å². The summed E-state index contributed by atoms with van der Waals surface area (Å²) in [4.78, 5) is 11.5. The molecule has 1 unspecified atom stereocenters. The Morgan fingerprint density at radius 3 is 2.81 bits per heavy atom. The molecule has 0 spiro atoms. The summed E-state index contributed by atoms with van der Waals surface area (Å²) in [7, 11) is 0. The summed E-state index contributed by atoms with van der Waals surface area (Å²) in [6, 6.07) is 9.18. The molecular weight excluding hydrogens is 206 g/mol. The maximum absolute atomic E-state index is 11.5. The van der Waals surface area contributed by atoms with Gasteiger partial charge in [0.15, 0.2) is 5.54 Å². The van der Waals surface area contributed by atoms with Gasteiger partial charge in [0.1, 0.15) is 0 Å². The van der Waals surface area contributed by atoms with Crippen molar-refractivity contribution in [3.63, 3.8) is 0 Å². The molecule has 1 fully saturated rings. The lowest BCUT2D eigenvalue weighted by Crippen LogP contribution is -2.51. The van der Waals surface area contributed by atoms with Gasteiger partial charge in [-0.25, -0.2) is 4.79 Å². The molecule has 1 aliphatic heterocycles. The van der Waals surface area contributed by atoms with Crippen LogP contribution in [0.25, 0.3) is 0 Å². The second-order valence-corrected chi connectivity index (χ2v) is 3.91. The van der Waals surface area contributed by atoms with Crippen molar-refractivity contribution < 1.29 is 14.6 Å². The third-order valence-electron chi connectivity index (χ3n) is 2.84. The lowest BCUT2D eigenvalue weighted by Gasteiger charge is -2.28. The maximum atomic E-state index is 11.5. The van der Waals surface area contributed by atoms with E-state index in [0.717, 1.165) is 12.0 Å². The zero-order chi connectivity index (χ0) is 11.4. The summed E-state index contributed by atoms with van der Waals surface area (Å²) in [6.07, 6.45) is 0.835. The Morgan fingerprint density at radius 2 is 2.12 bits per heavy atom. The lowest BCUT2D eigenvalue weighted by molar-refractivity contribution is -0.147. The fourth-order valence-corrected chi connectivity index (χ4v) is 1.92. The van der Waals surface area contributed by atoms with E-state index < -0.39 is 11.5 Å². The molecule has 0 radical (unpaired) electrons. The maximum Gasteiger partial charge on any atom is 0.331 e. The van der Waals surface area contributed by atoms with Crippen LogP contribution in [0.4, 0.5) is 0 Å².